The lowest BCUT2D eigenvalue weighted by Gasteiger charge is -2.04. The minimum atomic E-state index is -0.985. The quantitative estimate of drug-likeness (QED) is 0.460. The number of carbonyl (C=O) groups excluding carboxylic acids is 2. The number of hydrogen-bond donors (Lipinski definition) is 0. The molecule has 90 valence electrons. The van der Waals surface area contributed by atoms with Crippen LogP contribution in [0.5, 0.6) is 0 Å². The molecule has 17 heavy (non-hydrogen) atoms. The van der Waals surface area contributed by atoms with E-state index in [4.69, 9.17) is 0 Å². The van der Waals surface area contributed by atoms with Crippen molar-refractivity contribution in [2.45, 2.75) is 6.92 Å². The van der Waals surface area contributed by atoms with Crippen LogP contribution in [0.1, 0.15) is 17.3 Å². The molecule has 0 aliphatic carbocycles. The first-order valence-corrected chi connectivity index (χ1v) is 4.72. The van der Waals surface area contributed by atoms with Crippen LogP contribution in [0.15, 0.2) is 30.4 Å². The lowest BCUT2D eigenvalue weighted by Crippen LogP contribution is -2.15. The van der Waals surface area contributed by atoms with Crippen LogP contribution in [-0.4, -0.2) is 18.4 Å². The standard InChI is InChI=1S/C12H10F2O3/c1-7(2)12(16)17-6-11(15)9-4-3-8(13)5-10(9)14/h3-5H,1,6H2,2H3. The molecule has 1 aromatic carbocycles. The number of hydrogen-bond acceptors (Lipinski definition) is 3. The van der Waals surface area contributed by atoms with E-state index in [2.05, 4.69) is 11.3 Å². The Hall–Kier alpha value is -2.04. The Labute approximate surface area is 96.7 Å². The average molecular weight is 240 g/mol. The number of halogens is 2. The highest BCUT2D eigenvalue weighted by molar-refractivity contribution is 5.99. The monoisotopic (exact) mass is 240 g/mol. The fraction of sp³-hybridized carbons (Fsp3) is 0.167. The van der Waals surface area contributed by atoms with E-state index in [0.717, 1.165) is 12.1 Å². The van der Waals surface area contributed by atoms with Gasteiger partial charge in [0.2, 0.25) is 5.78 Å². The zero-order valence-electron chi connectivity index (χ0n) is 9.13. The molecule has 0 aromatic heterocycles. The summed E-state index contributed by atoms with van der Waals surface area (Å²) in [4.78, 5) is 22.4. The minimum Gasteiger partial charge on any atom is -0.454 e. The number of ether oxygens (including phenoxy) is 1. The van der Waals surface area contributed by atoms with Crippen LogP contribution in [0.4, 0.5) is 8.78 Å². The van der Waals surface area contributed by atoms with Gasteiger partial charge >= 0.3 is 5.97 Å². The molecule has 3 nitrogen and oxygen atoms in total. The number of carbonyl (C=O) groups is 2. The van der Waals surface area contributed by atoms with Crippen LogP contribution in [0, 0.1) is 11.6 Å². The summed E-state index contributed by atoms with van der Waals surface area (Å²) in [6.07, 6.45) is 0. The second-order valence-electron chi connectivity index (χ2n) is 3.40. The van der Waals surface area contributed by atoms with E-state index in [1.807, 2.05) is 0 Å². The first kappa shape index (κ1) is 13.0. The molecule has 0 N–H and O–H groups in total. The Bertz CT molecular complexity index is 481. The number of rotatable bonds is 4. The van der Waals surface area contributed by atoms with Crippen LogP contribution in [0.2, 0.25) is 0 Å². The maximum atomic E-state index is 13.2. The van der Waals surface area contributed by atoms with Gasteiger partial charge in [0.25, 0.3) is 0 Å². The zero-order valence-corrected chi connectivity index (χ0v) is 9.13. The first-order valence-electron chi connectivity index (χ1n) is 4.72. The summed E-state index contributed by atoms with van der Waals surface area (Å²) < 4.78 is 30.3. The van der Waals surface area contributed by atoms with Crippen LogP contribution in [-0.2, 0) is 9.53 Å². The lowest BCUT2D eigenvalue weighted by molar-refractivity contribution is -0.137. The van der Waals surface area contributed by atoms with E-state index in [1.165, 1.54) is 6.92 Å². The summed E-state index contributed by atoms with van der Waals surface area (Å²) in [5.41, 5.74) is -0.182. The third-order valence-electron chi connectivity index (χ3n) is 1.91. The first-order chi connectivity index (χ1) is 7.91. The largest absolute Gasteiger partial charge is 0.454 e. The maximum absolute atomic E-state index is 13.2. The highest BCUT2D eigenvalue weighted by atomic mass is 19.1. The molecule has 0 heterocycles. The van der Waals surface area contributed by atoms with Crippen LogP contribution in [0.3, 0.4) is 0 Å². The highest BCUT2D eigenvalue weighted by Crippen LogP contribution is 2.10. The van der Waals surface area contributed by atoms with E-state index in [-0.39, 0.29) is 11.1 Å². The van der Waals surface area contributed by atoms with Crippen molar-refractivity contribution in [3.63, 3.8) is 0 Å². The Morgan fingerprint density at radius 3 is 2.53 bits per heavy atom. The lowest BCUT2D eigenvalue weighted by atomic mass is 10.1. The molecule has 0 bridgehead atoms. The van der Waals surface area contributed by atoms with Crippen molar-refractivity contribution in [2.75, 3.05) is 6.61 Å². The smallest absolute Gasteiger partial charge is 0.333 e. The van der Waals surface area contributed by atoms with Gasteiger partial charge in [-0.25, -0.2) is 13.6 Å². The van der Waals surface area contributed by atoms with Crippen molar-refractivity contribution in [1.29, 1.82) is 0 Å². The summed E-state index contributed by atoms with van der Waals surface area (Å²) in [6, 6.07) is 2.55. The molecule has 0 atom stereocenters. The molecule has 1 rings (SSSR count). The number of Topliss-reactive ketones (excluding diaryl/α,β-unsaturated/α-hetero) is 1. The Morgan fingerprint density at radius 2 is 2.00 bits per heavy atom. The molecule has 0 unspecified atom stereocenters. The predicted molar refractivity (Wildman–Crippen MR) is 56.5 cm³/mol. The van der Waals surface area contributed by atoms with Crippen molar-refractivity contribution in [3.05, 3.63) is 47.5 Å². The summed E-state index contributed by atoms with van der Waals surface area (Å²) in [5, 5.41) is 0. The molecule has 0 amide bonds. The zero-order chi connectivity index (χ0) is 13.0. The van der Waals surface area contributed by atoms with E-state index < -0.39 is 30.0 Å². The van der Waals surface area contributed by atoms with Gasteiger partial charge in [-0.15, -0.1) is 0 Å². The van der Waals surface area contributed by atoms with Gasteiger partial charge in [0.15, 0.2) is 6.61 Å². The fourth-order valence-corrected chi connectivity index (χ4v) is 1.05. The van der Waals surface area contributed by atoms with Crippen molar-refractivity contribution >= 4 is 11.8 Å². The van der Waals surface area contributed by atoms with Gasteiger partial charge in [-0.1, -0.05) is 6.58 Å². The molecular weight excluding hydrogens is 230 g/mol. The fourth-order valence-electron chi connectivity index (χ4n) is 1.05. The molecule has 0 fully saturated rings. The average Bonchev–Trinajstić information content (AvgIpc) is 2.25. The van der Waals surface area contributed by atoms with E-state index >= 15 is 0 Å². The molecule has 1 aromatic rings. The molecule has 5 heteroatoms. The molecular formula is C12H10F2O3. The van der Waals surface area contributed by atoms with Gasteiger partial charge in [0.05, 0.1) is 5.56 Å². The third-order valence-corrected chi connectivity index (χ3v) is 1.91. The Morgan fingerprint density at radius 1 is 1.35 bits per heavy atom. The van der Waals surface area contributed by atoms with Gasteiger partial charge in [-0.05, 0) is 19.1 Å². The van der Waals surface area contributed by atoms with Crippen LogP contribution in [0.25, 0.3) is 0 Å². The molecule has 0 aliphatic heterocycles. The predicted octanol–water partition coefficient (Wildman–Crippen LogP) is 2.27. The molecule has 0 aliphatic rings. The third kappa shape index (κ3) is 3.48. The van der Waals surface area contributed by atoms with Crippen molar-refractivity contribution in [2.24, 2.45) is 0 Å². The Kier molecular flexibility index (Phi) is 4.09. The summed E-state index contributed by atoms with van der Waals surface area (Å²) in [5.74, 6) is -3.24. The van der Waals surface area contributed by atoms with Gasteiger partial charge in [-0.3, -0.25) is 4.79 Å². The van der Waals surface area contributed by atoms with E-state index in [0.29, 0.717) is 6.07 Å². The summed E-state index contributed by atoms with van der Waals surface area (Å²) in [7, 11) is 0. The summed E-state index contributed by atoms with van der Waals surface area (Å²) >= 11 is 0. The summed E-state index contributed by atoms with van der Waals surface area (Å²) in [6.45, 7) is 4.14. The second kappa shape index (κ2) is 5.34. The Balaban J connectivity index is 2.71. The second-order valence-corrected chi connectivity index (χ2v) is 3.40. The van der Waals surface area contributed by atoms with Gasteiger partial charge < -0.3 is 4.74 Å². The SMILES string of the molecule is C=C(C)C(=O)OCC(=O)c1ccc(F)cc1F. The van der Waals surface area contributed by atoms with Gasteiger partial charge in [-0.2, -0.15) is 0 Å². The highest BCUT2D eigenvalue weighted by Gasteiger charge is 2.14. The maximum Gasteiger partial charge on any atom is 0.333 e. The van der Waals surface area contributed by atoms with Crippen LogP contribution >= 0.6 is 0 Å². The number of benzene rings is 1. The van der Waals surface area contributed by atoms with Crippen LogP contribution < -0.4 is 0 Å². The van der Waals surface area contributed by atoms with Gasteiger partial charge in [0.1, 0.15) is 11.6 Å². The number of ketones is 1. The number of esters is 1. The van der Waals surface area contributed by atoms with E-state index in [1.54, 1.807) is 0 Å². The van der Waals surface area contributed by atoms with Crippen molar-refractivity contribution < 1.29 is 23.1 Å². The normalized spacial score (nSPS) is 9.82. The van der Waals surface area contributed by atoms with Crippen molar-refractivity contribution in [1.82, 2.24) is 0 Å². The van der Waals surface area contributed by atoms with Crippen molar-refractivity contribution in [3.8, 4) is 0 Å². The minimum absolute atomic E-state index is 0.136. The van der Waals surface area contributed by atoms with E-state index in [9.17, 15) is 18.4 Å². The topological polar surface area (TPSA) is 43.4 Å². The molecule has 0 saturated heterocycles. The molecule has 0 radical (unpaired) electrons. The molecule has 0 spiro atoms. The molecule has 0 saturated carbocycles. The van der Waals surface area contributed by atoms with Gasteiger partial charge in [0, 0.05) is 11.6 Å².